The van der Waals surface area contributed by atoms with Crippen LogP contribution < -0.4 is 0 Å². The molecule has 0 saturated heterocycles. The lowest BCUT2D eigenvalue weighted by Gasteiger charge is -2.27. The van der Waals surface area contributed by atoms with Crippen molar-refractivity contribution in [1.29, 1.82) is 0 Å². The van der Waals surface area contributed by atoms with Crippen molar-refractivity contribution in [3.8, 4) is 0 Å². The summed E-state index contributed by atoms with van der Waals surface area (Å²) in [6.45, 7) is 0.959. The van der Waals surface area contributed by atoms with Crippen LogP contribution >= 0.6 is 23.1 Å². The molecule has 1 aromatic heterocycles. The molecule has 0 saturated carbocycles. The molecule has 0 bridgehead atoms. The Kier molecular flexibility index (Phi) is 7.79. The average molecular weight is 483 g/mol. The topological polar surface area (TPSA) is 84.0 Å². The van der Waals surface area contributed by atoms with Crippen molar-refractivity contribution < 1.29 is 22.7 Å². The zero-order valence-electron chi connectivity index (χ0n) is 17.8. The molecule has 0 unspecified atom stereocenters. The number of rotatable bonds is 8. The fourth-order valence-electron chi connectivity index (χ4n) is 3.50. The highest BCUT2D eigenvalue weighted by atomic mass is 32.2. The van der Waals surface area contributed by atoms with E-state index >= 15 is 0 Å². The predicted molar refractivity (Wildman–Crippen MR) is 123 cm³/mol. The van der Waals surface area contributed by atoms with E-state index in [1.807, 2.05) is 36.6 Å². The molecule has 1 aliphatic heterocycles. The Hall–Kier alpha value is -1.88. The number of amides is 1. The van der Waals surface area contributed by atoms with Gasteiger partial charge in [0.2, 0.25) is 5.91 Å². The third kappa shape index (κ3) is 5.14. The largest absolute Gasteiger partial charge is 0.465 e. The Morgan fingerprint density at radius 2 is 1.97 bits per heavy atom. The predicted octanol–water partition coefficient (Wildman–Crippen LogP) is 2.99. The molecule has 0 aliphatic carbocycles. The molecule has 7 nitrogen and oxygen atoms in total. The van der Waals surface area contributed by atoms with Crippen LogP contribution in [0.1, 0.15) is 32.8 Å². The van der Waals surface area contributed by atoms with Crippen LogP contribution in [0.4, 0.5) is 0 Å². The van der Waals surface area contributed by atoms with Crippen molar-refractivity contribution in [2.45, 2.75) is 30.1 Å². The van der Waals surface area contributed by atoms with E-state index in [4.69, 9.17) is 4.74 Å². The number of carbonyl (C=O) groups is 2. The first-order valence-electron chi connectivity index (χ1n) is 9.79. The summed E-state index contributed by atoms with van der Waals surface area (Å²) < 4.78 is 32.9. The first-order chi connectivity index (χ1) is 14.8. The Morgan fingerprint density at radius 1 is 1.26 bits per heavy atom. The third-order valence-corrected chi connectivity index (χ3v) is 9.31. The number of fused-ring (bicyclic) bond motifs is 1. The summed E-state index contributed by atoms with van der Waals surface area (Å²) in [6, 6.07) is 9.27. The van der Waals surface area contributed by atoms with Gasteiger partial charge in [-0.05, 0) is 23.8 Å². The standard InChI is InChI=1S/C21H26N2O5S3/c1-22(13-15-7-5-4-6-8-15)31(26,27)21-19(20(25)28-2)16-9-11-23(14-17(16)30-21)18(24)10-12-29-3/h4-8H,9-14H2,1-3H3. The van der Waals surface area contributed by atoms with Gasteiger partial charge in [0.25, 0.3) is 10.0 Å². The molecule has 10 heteroatoms. The number of ether oxygens (including phenoxy) is 1. The van der Waals surface area contributed by atoms with Gasteiger partial charge in [-0.1, -0.05) is 30.3 Å². The summed E-state index contributed by atoms with van der Waals surface area (Å²) in [7, 11) is -1.18. The van der Waals surface area contributed by atoms with E-state index < -0.39 is 16.0 Å². The van der Waals surface area contributed by atoms with Crippen molar-refractivity contribution in [1.82, 2.24) is 9.21 Å². The Labute approximate surface area is 191 Å². The van der Waals surface area contributed by atoms with Gasteiger partial charge < -0.3 is 9.64 Å². The minimum Gasteiger partial charge on any atom is -0.465 e. The Bertz CT molecular complexity index is 1050. The molecule has 0 radical (unpaired) electrons. The minimum absolute atomic E-state index is 0.0128. The fraction of sp³-hybridized carbons (Fsp3) is 0.429. The number of thioether (sulfide) groups is 1. The monoisotopic (exact) mass is 482 g/mol. The van der Waals surface area contributed by atoms with Gasteiger partial charge in [-0.3, -0.25) is 4.79 Å². The van der Waals surface area contributed by atoms with Crippen LogP contribution in [0.25, 0.3) is 0 Å². The molecule has 168 valence electrons. The first-order valence-corrected chi connectivity index (χ1v) is 13.4. The lowest BCUT2D eigenvalue weighted by atomic mass is 10.0. The number of methoxy groups -OCH3 is 1. The molecule has 0 spiro atoms. The quantitative estimate of drug-likeness (QED) is 0.538. The molecular formula is C21H26N2O5S3. The molecule has 0 atom stereocenters. The third-order valence-electron chi connectivity index (χ3n) is 5.18. The second kappa shape index (κ2) is 10.2. The van der Waals surface area contributed by atoms with Gasteiger partial charge in [0, 0.05) is 37.2 Å². The van der Waals surface area contributed by atoms with Crippen molar-refractivity contribution in [3.63, 3.8) is 0 Å². The van der Waals surface area contributed by atoms with Gasteiger partial charge >= 0.3 is 5.97 Å². The van der Waals surface area contributed by atoms with Crippen LogP contribution in [0.3, 0.4) is 0 Å². The highest BCUT2D eigenvalue weighted by molar-refractivity contribution is 7.98. The highest BCUT2D eigenvalue weighted by Gasteiger charge is 2.36. The van der Waals surface area contributed by atoms with Crippen LogP contribution in [0.5, 0.6) is 0 Å². The summed E-state index contributed by atoms with van der Waals surface area (Å²) in [4.78, 5) is 27.5. The van der Waals surface area contributed by atoms with Gasteiger partial charge in [-0.2, -0.15) is 16.1 Å². The maximum Gasteiger partial charge on any atom is 0.340 e. The molecule has 31 heavy (non-hydrogen) atoms. The van der Waals surface area contributed by atoms with Crippen molar-refractivity contribution in [2.75, 3.05) is 32.7 Å². The zero-order chi connectivity index (χ0) is 22.6. The molecule has 3 rings (SSSR count). The first kappa shape index (κ1) is 23.8. The van der Waals surface area contributed by atoms with Crippen LogP contribution in [-0.4, -0.2) is 62.2 Å². The van der Waals surface area contributed by atoms with Crippen LogP contribution in [0.2, 0.25) is 0 Å². The van der Waals surface area contributed by atoms with Crippen LogP contribution in [0, 0.1) is 0 Å². The smallest absolute Gasteiger partial charge is 0.340 e. The Balaban J connectivity index is 1.94. The van der Waals surface area contributed by atoms with Gasteiger partial charge in [0.1, 0.15) is 4.21 Å². The molecule has 0 N–H and O–H groups in total. The molecule has 1 aliphatic rings. The second-order valence-electron chi connectivity index (χ2n) is 7.21. The normalized spacial score (nSPS) is 13.9. The number of thiophene rings is 1. The summed E-state index contributed by atoms with van der Waals surface area (Å²) in [6.07, 6.45) is 2.82. The SMILES string of the molecule is COC(=O)c1c(S(=O)(=O)N(C)Cc2ccccc2)sc2c1CCN(C(=O)CCSC)C2. The number of carbonyl (C=O) groups excluding carboxylic acids is 2. The molecule has 0 fully saturated rings. The highest BCUT2D eigenvalue weighted by Crippen LogP contribution is 2.38. The zero-order valence-corrected chi connectivity index (χ0v) is 20.2. The number of nitrogens with zero attached hydrogens (tertiary/aromatic N) is 2. The van der Waals surface area contributed by atoms with Gasteiger partial charge in [0.05, 0.1) is 19.2 Å². The number of hydrogen-bond acceptors (Lipinski definition) is 7. The number of benzene rings is 1. The Morgan fingerprint density at radius 3 is 2.61 bits per heavy atom. The molecular weight excluding hydrogens is 456 g/mol. The van der Waals surface area contributed by atoms with E-state index in [1.54, 1.807) is 16.7 Å². The van der Waals surface area contributed by atoms with Gasteiger partial charge in [0.15, 0.2) is 0 Å². The summed E-state index contributed by atoms with van der Waals surface area (Å²) in [5.74, 6) is 0.120. The summed E-state index contributed by atoms with van der Waals surface area (Å²) in [5, 5.41) is 0. The maximum absolute atomic E-state index is 13.4. The average Bonchev–Trinajstić information content (AvgIpc) is 3.17. The fourth-order valence-corrected chi connectivity index (χ4v) is 7.13. The molecule has 1 aromatic carbocycles. The number of sulfonamides is 1. The molecule has 1 amide bonds. The minimum atomic E-state index is -3.92. The summed E-state index contributed by atoms with van der Waals surface area (Å²) in [5.41, 5.74) is 1.64. The van der Waals surface area contributed by atoms with E-state index in [-0.39, 0.29) is 22.2 Å². The van der Waals surface area contributed by atoms with Gasteiger partial charge in [-0.25, -0.2) is 13.2 Å². The maximum atomic E-state index is 13.4. The molecule has 2 heterocycles. The lowest BCUT2D eigenvalue weighted by Crippen LogP contribution is -2.35. The van der Waals surface area contributed by atoms with E-state index in [2.05, 4.69) is 0 Å². The van der Waals surface area contributed by atoms with Gasteiger partial charge in [-0.15, -0.1) is 11.3 Å². The number of esters is 1. The van der Waals surface area contributed by atoms with E-state index in [9.17, 15) is 18.0 Å². The van der Waals surface area contributed by atoms with E-state index in [0.717, 1.165) is 27.5 Å². The van der Waals surface area contributed by atoms with E-state index in [1.165, 1.54) is 18.5 Å². The van der Waals surface area contributed by atoms with Crippen LogP contribution in [-0.2, 0) is 39.1 Å². The number of hydrogen-bond donors (Lipinski definition) is 0. The molecule has 2 aromatic rings. The van der Waals surface area contributed by atoms with Crippen molar-refractivity contribution in [2.24, 2.45) is 0 Å². The lowest BCUT2D eigenvalue weighted by molar-refractivity contribution is -0.131. The second-order valence-corrected chi connectivity index (χ2v) is 11.5. The van der Waals surface area contributed by atoms with E-state index in [0.29, 0.717) is 31.5 Å². The summed E-state index contributed by atoms with van der Waals surface area (Å²) >= 11 is 2.68. The van der Waals surface area contributed by atoms with Crippen molar-refractivity contribution in [3.05, 3.63) is 51.9 Å². The van der Waals surface area contributed by atoms with Crippen molar-refractivity contribution >= 4 is 45.0 Å². The van der Waals surface area contributed by atoms with Crippen LogP contribution in [0.15, 0.2) is 34.5 Å².